The van der Waals surface area contributed by atoms with Gasteiger partial charge in [-0.1, -0.05) is 17.7 Å². The minimum Gasteiger partial charge on any atom is -0.497 e. The number of nitrogens with one attached hydrogen (secondary N) is 1. The van der Waals surface area contributed by atoms with Crippen molar-refractivity contribution >= 4 is 17.5 Å². The van der Waals surface area contributed by atoms with Crippen LogP contribution in [-0.2, 0) is 6.54 Å². The van der Waals surface area contributed by atoms with Gasteiger partial charge in [0.2, 0.25) is 0 Å². The Hall–Kier alpha value is -3.19. The molecule has 3 aromatic rings. The second-order valence-corrected chi connectivity index (χ2v) is 6.27. The van der Waals surface area contributed by atoms with E-state index in [2.05, 4.69) is 10.4 Å². The molecule has 1 amide bonds. The van der Waals surface area contributed by atoms with E-state index in [4.69, 9.17) is 16.3 Å². The Kier molecular flexibility index (Phi) is 6.06. The summed E-state index contributed by atoms with van der Waals surface area (Å²) in [5, 5.41) is 6.89. The smallest absolute Gasteiger partial charge is 0.266 e. The summed E-state index contributed by atoms with van der Waals surface area (Å²) in [6, 6.07) is 14.3. The van der Waals surface area contributed by atoms with Crippen molar-refractivity contribution in [2.75, 3.05) is 13.7 Å². The van der Waals surface area contributed by atoms with E-state index in [0.717, 1.165) is 11.6 Å². The lowest BCUT2D eigenvalue weighted by Gasteiger charge is -2.10. The van der Waals surface area contributed by atoms with Gasteiger partial charge in [-0.15, -0.1) is 0 Å². The summed E-state index contributed by atoms with van der Waals surface area (Å²) in [6.45, 7) is 0.211. The molecule has 8 heteroatoms. The van der Waals surface area contributed by atoms with Gasteiger partial charge in [-0.3, -0.25) is 9.59 Å². The van der Waals surface area contributed by atoms with Gasteiger partial charge < -0.3 is 10.1 Å². The molecule has 0 spiro atoms. The highest BCUT2D eigenvalue weighted by atomic mass is 35.5. The zero-order valence-electron chi connectivity index (χ0n) is 15.0. The highest BCUT2D eigenvalue weighted by Gasteiger charge is 2.15. The molecule has 0 aliphatic carbocycles. The molecule has 0 aliphatic heterocycles. The standard InChI is InChI=1S/C20H17ClFN3O3/c1-28-14-7-5-13(6-8-14)17-9-10-18(26)25(24-17)12-11-23-20(27)19-15(21)3-2-4-16(19)22/h2-10H,11-12H2,1H3,(H,23,27). The van der Waals surface area contributed by atoms with Gasteiger partial charge in [0.15, 0.2) is 0 Å². The highest BCUT2D eigenvalue weighted by molar-refractivity contribution is 6.33. The predicted octanol–water partition coefficient (Wildman–Crippen LogP) is 3.14. The third-order valence-corrected chi connectivity index (χ3v) is 4.37. The van der Waals surface area contributed by atoms with Crippen LogP contribution in [0.1, 0.15) is 10.4 Å². The molecule has 0 saturated carbocycles. The van der Waals surface area contributed by atoms with Crippen LogP contribution in [0.3, 0.4) is 0 Å². The maximum Gasteiger partial charge on any atom is 0.266 e. The summed E-state index contributed by atoms with van der Waals surface area (Å²) in [5.41, 5.74) is 0.884. The molecule has 3 rings (SSSR count). The van der Waals surface area contributed by atoms with Crippen LogP contribution in [-0.4, -0.2) is 29.3 Å². The molecule has 0 fully saturated rings. The van der Waals surface area contributed by atoms with Gasteiger partial charge in [0, 0.05) is 18.2 Å². The molecular weight excluding hydrogens is 385 g/mol. The van der Waals surface area contributed by atoms with E-state index < -0.39 is 11.7 Å². The van der Waals surface area contributed by atoms with Gasteiger partial charge in [0.05, 0.1) is 29.9 Å². The Balaban J connectivity index is 1.70. The summed E-state index contributed by atoms with van der Waals surface area (Å²) in [6.07, 6.45) is 0. The van der Waals surface area contributed by atoms with Crippen molar-refractivity contribution in [2.45, 2.75) is 6.54 Å². The number of rotatable bonds is 6. The van der Waals surface area contributed by atoms with Gasteiger partial charge in [0.1, 0.15) is 11.6 Å². The van der Waals surface area contributed by atoms with Crippen molar-refractivity contribution in [1.82, 2.24) is 15.1 Å². The zero-order chi connectivity index (χ0) is 20.1. The maximum atomic E-state index is 13.8. The number of carbonyl (C=O) groups excluding carboxylic acids is 1. The number of aromatic nitrogens is 2. The van der Waals surface area contributed by atoms with Crippen LogP contribution >= 0.6 is 11.6 Å². The van der Waals surface area contributed by atoms with E-state index in [1.54, 1.807) is 25.3 Å². The molecule has 28 heavy (non-hydrogen) atoms. The van der Waals surface area contributed by atoms with Crippen molar-refractivity contribution in [3.63, 3.8) is 0 Å². The molecule has 1 heterocycles. The molecule has 0 unspecified atom stereocenters. The van der Waals surface area contributed by atoms with Gasteiger partial charge in [-0.05, 0) is 42.5 Å². The van der Waals surface area contributed by atoms with Gasteiger partial charge >= 0.3 is 0 Å². The number of hydrogen-bond donors (Lipinski definition) is 1. The topological polar surface area (TPSA) is 73.2 Å². The Morgan fingerprint density at radius 1 is 1.18 bits per heavy atom. The molecule has 0 saturated heterocycles. The Morgan fingerprint density at radius 3 is 2.61 bits per heavy atom. The third-order valence-electron chi connectivity index (χ3n) is 4.05. The van der Waals surface area contributed by atoms with E-state index in [1.165, 1.54) is 22.9 Å². The van der Waals surface area contributed by atoms with E-state index in [0.29, 0.717) is 11.4 Å². The number of halogens is 2. The van der Waals surface area contributed by atoms with Crippen LogP contribution in [0.15, 0.2) is 59.4 Å². The first kappa shape index (κ1) is 19.6. The number of hydrogen-bond acceptors (Lipinski definition) is 4. The quantitative estimate of drug-likeness (QED) is 0.688. The van der Waals surface area contributed by atoms with E-state index >= 15 is 0 Å². The number of carbonyl (C=O) groups is 1. The van der Waals surface area contributed by atoms with Crippen molar-refractivity contribution in [3.8, 4) is 17.0 Å². The fourth-order valence-corrected chi connectivity index (χ4v) is 2.85. The second kappa shape index (κ2) is 8.67. The normalized spacial score (nSPS) is 10.5. The SMILES string of the molecule is COc1ccc(-c2ccc(=O)n(CCNC(=O)c3c(F)cccc3Cl)n2)cc1. The van der Waals surface area contributed by atoms with Gasteiger partial charge in [0.25, 0.3) is 11.5 Å². The molecule has 1 aromatic heterocycles. The number of nitrogens with zero attached hydrogens (tertiary/aromatic N) is 2. The number of amides is 1. The third kappa shape index (κ3) is 4.37. The Bertz CT molecular complexity index is 1030. The van der Waals surface area contributed by atoms with Crippen molar-refractivity contribution < 1.29 is 13.9 Å². The van der Waals surface area contributed by atoms with Gasteiger partial charge in [-0.2, -0.15) is 5.10 Å². The monoisotopic (exact) mass is 401 g/mol. The molecule has 0 bridgehead atoms. The Morgan fingerprint density at radius 2 is 1.93 bits per heavy atom. The summed E-state index contributed by atoms with van der Waals surface area (Å²) in [5.74, 6) is -0.643. The number of methoxy groups -OCH3 is 1. The summed E-state index contributed by atoms with van der Waals surface area (Å²) >= 11 is 5.88. The first-order valence-electron chi connectivity index (χ1n) is 8.44. The first-order valence-corrected chi connectivity index (χ1v) is 8.82. The molecule has 1 N–H and O–H groups in total. The van der Waals surface area contributed by atoms with Crippen LogP contribution in [0.5, 0.6) is 5.75 Å². The fraction of sp³-hybridized carbons (Fsp3) is 0.150. The van der Waals surface area contributed by atoms with Crippen molar-refractivity contribution in [1.29, 1.82) is 0 Å². The van der Waals surface area contributed by atoms with Crippen LogP contribution in [0.25, 0.3) is 11.3 Å². The molecule has 2 aromatic carbocycles. The molecular formula is C20H17ClFN3O3. The van der Waals surface area contributed by atoms with E-state index in [9.17, 15) is 14.0 Å². The van der Waals surface area contributed by atoms with Crippen molar-refractivity contribution in [3.05, 3.63) is 81.4 Å². The number of ether oxygens (including phenoxy) is 1. The molecule has 0 atom stereocenters. The average molecular weight is 402 g/mol. The molecule has 0 aliphatic rings. The Labute approximate surface area is 165 Å². The summed E-state index contributed by atoms with van der Waals surface area (Å²) < 4.78 is 20.2. The van der Waals surface area contributed by atoms with E-state index in [1.807, 2.05) is 12.1 Å². The van der Waals surface area contributed by atoms with Gasteiger partial charge in [-0.25, -0.2) is 9.07 Å². The number of benzene rings is 2. The first-order chi connectivity index (χ1) is 13.5. The predicted molar refractivity (Wildman–Crippen MR) is 104 cm³/mol. The minimum atomic E-state index is -0.707. The van der Waals surface area contributed by atoms with Crippen LogP contribution in [0.4, 0.5) is 4.39 Å². The lowest BCUT2D eigenvalue weighted by atomic mass is 10.1. The molecule has 0 radical (unpaired) electrons. The van der Waals surface area contributed by atoms with Crippen LogP contribution in [0.2, 0.25) is 5.02 Å². The fourth-order valence-electron chi connectivity index (χ4n) is 2.60. The maximum absolute atomic E-state index is 13.8. The average Bonchev–Trinajstić information content (AvgIpc) is 2.69. The van der Waals surface area contributed by atoms with Crippen LogP contribution < -0.4 is 15.6 Å². The van der Waals surface area contributed by atoms with Crippen molar-refractivity contribution in [2.24, 2.45) is 0 Å². The van der Waals surface area contributed by atoms with E-state index in [-0.39, 0.29) is 29.2 Å². The lowest BCUT2D eigenvalue weighted by Crippen LogP contribution is -2.32. The second-order valence-electron chi connectivity index (χ2n) is 5.86. The summed E-state index contributed by atoms with van der Waals surface area (Å²) in [4.78, 5) is 24.2. The minimum absolute atomic E-state index is 0.0225. The summed E-state index contributed by atoms with van der Waals surface area (Å²) in [7, 11) is 1.58. The molecule has 144 valence electrons. The largest absolute Gasteiger partial charge is 0.497 e. The zero-order valence-corrected chi connectivity index (χ0v) is 15.7. The highest BCUT2D eigenvalue weighted by Crippen LogP contribution is 2.20. The molecule has 6 nitrogen and oxygen atoms in total. The lowest BCUT2D eigenvalue weighted by molar-refractivity contribution is 0.0948. The van der Waals surface area contributed by atoms with Crippen LogP contribution in [0, 0.1) is 5.82 Å².